The number of methoxy groups -OCH3 is 1. The number of nitrogens with zero attached hydrogens (tertiary/aromatic N) is 3. The predicted molar refractivity (Wildman–Crippen MR) is 90.4 cm³/mol. The van der Waals surface area contributed by atoms with Crippen molar-refractivity contribution in [3.05, 3.63) is 23.9 Å². The van der Waals surface area contributed by atoms with E-state index >= 15 is 0 Å². The molecule has 1 saturated heterocycles. The molecule has 0 bridgehead atoms. The number of hydrogen-bond donors (Lipinski definition) is 0. The first kappa shape index (κ1) is 15.8. The van der Waals surface area contributed by atoms with Gasteiger partial charge in [-0.15, -0.1) is 0 Å². The van der Waals surface area contributed by atoms with Gasteiger partial charge in [-0.05, 0) is 57.2 Å². The molecule has 0 radical (unpaired) electrons. The van der Waals surface area contributed by atoms with Crippen LogP contribution in [0.3, 0.4) is 0 Å². The van der Waals surface area contributed by atoms with E-state index < -0.39 is 0 Å². The number of aryl methyl sites for hydroxylation is 1. The zero-order valence-corrected chi connectivity index (χ0v) is 14.2. The maximum absolute atomic E-state index is 5.39. The Labute approximate surface area is 134 Å². The lowest BCUT2D eigenvalue weighted by Crippen LogP contribution is -2.48. The highest BCUT2D eigenvalue weighted by Crippen LogP contribution is 2.29. The minimum atomic E-state index is 0.502. The highest BCUT2D eigenvalue weighted by Gasteiger charge is 2.33. The number of aromatic nitrogens is 1. The normalized spacial score (nSPS) is 26.3. The van der Waals surface area contributed by atoms with Gasteiger partial charge in [0.2, 0.25) is 0 Å². The number of rotatable bonds is 5. The van der Waals surface area contributed by atoms with Crippen molar-refractivity contribution in [3.8, 4) is 0 Å². The predicted octanol–water partition coefficient (Wildman–Crippen LogP) is 2.72. The van der Waals surface area contributed by atoms with Crippen LogP contribution in [0, 0.1) is 12.8 Å². The van der Waals surface area contributed by atoms with Crippen molar-refractivity contribution in [3.63, 3.8) is 0 Å². The summed E-state index contributed by atoms with van der Waals surface area (Å²) in [7, 11) is 4.11. The van der Waals surface area contributed by atoms with Crippen LogP contribution in [0.4, 0.5) is 5.82 Å². The van der Waals surface area contributed by atoms with Crippen molar-refractivity contribution in [2.45, 2.75) is 44.8 Å². The van der Waals surface area contributed by atoms with Gasteiger partial charge < -0.3 is 14.5 Å². The summed E-state index contributed by atoms with van der Waals surface area (Å²) in [5.41, 5.74) is 1.23. The van der Waals surface area contributed by atoms with Gasteiger partial charge in [0.25, 0.3) is 0 Å². The highest BCUT2D eigenvalue weighted by atomic mass is 16.5. The lowest BCUT2D eigenvalue weighted by Gasteiger charge is -2.42. The van der Waals surface area contributed by atoms with E-state index in [4.69, 9.17) is 4.74 Å². The molecule has 0 aromatic carbocycles. The van der Waals surface area contributed by atoms with Gasteiger partial charge in [0.15, 0.2) is 0 Å². The van der Waals surface area contributed by atoms with Crippen LogP contribution in [-0.4, -0.2) is 55.8 Å². The Morgan fingerprint density at radius 1 is 1.27 bits per heavy atom. The molecule has 1 aromatic heterocycles. The molecule has 4 nitrogen and oxygen atoms in total. The van der Waals surface area contributed by atoms with E-state index in [0.29, 0.717) is 6.10 Å². The Bertz CT molecular complexity index is 462. The first-order valence-electron chi connectivity index (χ1n) is 8.56. The van der Waals surface area contributed by atoms with Crippen molar-refractivity contribution < 1.29 is 4.74 Å². The number of anilines is 1. The SMILES string of the molecule is COC1CC(N(C)CC2CCN(c3ccc(C)cn3)CC2)C1. The Morgan fingerprint density at radius 3 is 2.59 bits per heavy atom. The van der Waals surface area contributed by atoms with Crippen LogP contribution >= 0.6 is 0 Å². The Balaban J connectivity index is 1.43. The van der Waals surface area contributed by atoms with Gasteiger partial charge in [-0.2, -0.15) is 0 Å². The molecular weight excluding hydrogens is 274 g/mol. The monoisotopic (exact) mass is 303 g/mol. The lowest BCUT2D eigenvalue weighted by atomic mass is 9.86. The van der Waals surface area contributed by atoms with Gasteiger partial charge in [0.05, 0.1) is 6.10 Å². The minimum Gasteiger partial charge on any atom is -0.381 e. The van der Waals surface area contributed by atoms with Gasteiger partial charge in [0.1, 0.15) is 5.82 Å². The Kier molecular flexibility index (Phi) is 4.99. The van der Waals surface area contributed by atoms with Crippen molar-refractivity contribution in [2.24, 2.45) is 5.92 Å². The quantitative estimate of drug-likeness (QED) is 0.836. The van der Waals surface area contributed by atoms with Crippen molar-refractivity contribution in [1.29, 1.82) is 0 Å². The summed E-state index contributed by atoms with van der Waals surface area (Å²) in [6, 6.07) is 5.05. The van der Waals surface area contributed by atoms with Gasteiger partial charge in [-0.3, -0.25) is 0 Å². The topological polar surface area (TPSA) is 28.6 Å². The van der Waals surface area contributed by atoms with Crippen molar-refractivity contribution >= 4 is 5.82 Å². The van der Waals surface area contributed by atoms with Gasteiger partial charge in [0, 0.05) is 39.0 Å². The smallest absolute Gasteiger partial charge is 0.128 e. The third-order valence-corrected chi connectivity index (χ3v) is 5.41. The molecule has 2 heterocycles. The molecule has 0 N–H and O–H groups in total. The third-order valence-electron chi connectivity index (χ3n) is 5.41. The zero-order valence-electron chi connectivity index (χ0n) is 14.2. The fourth-order valence-electron chi connectivity index (χ4n) is 3.64. The van der Waals surface area contributed by atoms with Crippen LogP contribution in [0.25, 0.3) is 0 Å². The van der Waals surface area contributed by atoms with Crippen LogP contribution in [-0.2, 0) is 4.74 Å². The largest absolute Gasteiger partial charge is 0.381 e. The van der Waals surface area contributed by atoms with Gasteiger partial charge >= 0.3 is 0 Å². The van der Waals surface area contributed by atoms with Crippen LogP contribution in [0.2, 0.25) is 0 Å². The average Bonchev–Trinajstić information content (AvgIpc) is 2.48. The van der Waals surface area contributed by atoms with Gasteiger partial charge in [-0.25, -0.2) is 4.98 Å². The molecule has 22 heavy (non-hydrogen) atoms. The summed E-state index contributed by atoms with van der Waals surface area (Å²) in [6.07, 6.45) is 7.44. The number of pyridine rings is 1. The standard InChI is InChI=1S/C18H29N3O/c1-14-4-5-18(19-12-14)21-8-6-15(7-9-21)13-20(2)16-10-17(11-16)22-3/h4-5,12,15-17H,6-11,13H2,1-3H3. The fraction of sp³-hybridized carbons (Fsp3) is 0.722. The molecule has 1 aliphatic heterocycles. The zero-order chi connectivity index (χ0) is 15.5. The minimum absolute atomic E-state index is 0.502. The molecule has 1 aromatic rings. The molecule has 0 amide bonds. The van der Waals surface area contributed by atoms with E-state index in [1.807, 2.05) is 13.3 Å². The molecule has 2 aliphatic rings. The summed E-state index contributed by atoms with van der Waals surface area (Å²) >= 11 is 0. The van der Waals surface area contributed by atoms with Crippen molar-refractivity contribution in [2.75, 3.05) is 38.7 Å². The average molecular weight is 303 g/mol. The summed E-state index contributed by atoms with van der Waals surface area (Å²) in [4.78, 5) is 9.54. The van der Waals surface area contributed by atoms with E-state index in [-0.39, 0.29) is 0 Å². The summed E-state index contributed by atoms with van der Waals surface area (Å²) < 4.78 is 5.39. The Morgan fingerprint density at radius 2 is 2.00 bits per heavy atom. The molecule has 4 heteroatoms. The second-order valence-corrected chi connectivity index (χ2v) is 7.05. The molecule has 3 rings (SSSR count). The molecule has 1 saturated carbocycles. The molecule has 0 atom stereocenters. The van der Waals surface area contributed by atoms with E-state index in [1.54, 1.807) is 0 Å². The van der Waals surface area contributed by atoms with Crippen molar-refractivity contribution in [1.82, 2.24) is 9.88 Å². The first-order chi connectivity index (χ1) is 10.7. The maximum Gasteiger partial charge on any atom is 0.128 e. The maximum atomic E-state index is 5.39. The number of hydrogen-bond acceptors (Lipinski definition) is 4. The summed E-state index contributed by atoms with van der Waals surface area (Å²) in [5.74, 6) is 1.97. The second kappa shape index (κ2) is 6.97. The number of piperidine rings is 1. The van der Waals surface area contributed by atoms with E-state index in [1.165, 1.54) is 37.8 Å². The second-order valence-electron chi connectivity index (χ2n) is 7.05. The number of ether oxygens (including phenoxy) is 1. The fourth-order valence-corrected chi connectivity index (χ4v) is 3.64. The molecule has 2 fully saturated rings. The van der Waals surface area contributed by atoms with Crippen LogP contribution in [0.15, 0.2) is 18.3 Å². The van der Waals surface area contributed by atoms with Crippen LogP contribution in [0.1, 0.15) is 31.2 Å². The Hall–Kier alpha value is -1.13. The van der Waals surface area contributed by atoms with E-state index in [2.05, 4.69) is 40.9 Å². The van der Waals surface area contributed by atoms with Gasteiger partial charge in [-0.1, -0.05) is 6.07 Å². The first-order valence-corrected chi connectivity index (χ1v) is 8.56. The lowest BCUT2D eigenvalue weighted by molar-refractivity contribution is -0.0238. The van der Waals surface area contributed by atoms with E-state index in [9.17, 15) is 0 Å². The molecular formula is C18H29N3O. The highest BCUT2D eigenvalue weighted by molar-refractivity contribution is 5.39. The summed E-state index contributed by atoms with van der Waals surface area (Å²) in [6.45, 7) is 5.60. The molecule has 122 valence electrons. The molecule has 1 aliphatic carbocycles. The third kappa shape index (κ3) is 3.61. The van der Waals surface area contributed by atoms with Crippen LogP contribution in [0.5, 0.6) is 0 Å². The summed E-state index contributed by atoms with van der Waals surface area (Å²) in [5, 5.41) is 0. The van der Waals surface area contributed by atoms with E-state index in [0.717, 1.165) is 30.9 Å². The van der Waals surface area contributed by atoms with Crippen LogP contribution < -0.4 is 4.90 Å². The molecule has 0 unspecified atom stereocenters. The molecule has 0 spiro atoms.